The monoisotopic (exact) mass is 469 g/mol. The van der Waals surface area contributed by atoms with Crippen LogP contribution in [0.3, 0.4) is 0 Å². The molecular formula is C20H16F9N3. The number of halogens is 9. The Morgan fingerprint density at radius 1 is 0.906 bits per heavy atom. The average Bonchev–Trinajstić information content (AvgIpc) is 3.13. The smallest absolute Gasteiger partial charge is 0.326 e. The molecule has 0 aliphatic carbocycles. The van der Waals surface area contributed by atoms with Gasteiger partial charge in [0.2, 0.25) is 0 Å². The van der Waals surface area contributed by atoms with Crippen molar-refractivity contribution in [1.29, 1.82) is 0 Å². The third-order valence-corrected chi connectivity index (χ3v) is 5.41. The third kappa shape index (κ3) is 4.32. The molecule has 0 spiro atoms. The highest BCUT2D eigenvalue weighted by atomic mass is 19.4. The predicted molar refractivity (Wildman–Crippen MR) is 97.1 cm³/mol. The van der Waals surface area contributed by atoms with Gasteiger partial charge >= 0.3 is 18.5 Å². The van der Waals surface area contributed by atoms with Crippen molar-refractivity contribution in [3.63, 3.8) is 0 Å². The molecule has 174 valence electrons. The number of aromatic nitrogens is 1. The zero-order chi connectivity index (χ0) is 24.1. The van der Waals surface area contributed by atoms with E-state index in [9.17, 15) is 39.5 Å². The van der Waals surface area contributed by atoms with Crippen LogP contribution in [0.4, 0.5) is 39.5 Å². The second kappa shape index (κ2) is 7.75. The summed E-state index contributed by atoms with van der Waals surface area (Å²) in [5.74, 6) is 0. The van der Waals surface area contributed by atoms with Crippen LogP contribution in [0.25, 0.3) is 0 Å². The number of hydrogen-bond donors (Lipinski definition) is 1. The average molecular weight is 469 g/mol. The Kier molecular flexibility index (Phi) is 5.82. The molecule has 1 atom stereocenters. The molecule has 0 saturated carbocycles. The van der Waals surface area contributed by atoms with Gasteiger partial charge in [0.05, 0.1) is 6.54 Å². The first-order valence-electron chi connectivity index (χ1n) is 9.15. The van der Waals surface area contributed by atoms with E-state index in [4.69, 9.17) is 5.73 Å². The van der Waals surface area contributed by atoms with E-state index >= 15 is 0 Å². The highest BCUT2D eigenvalue weighted by molar-refractivity contribution is 6.03. The van der Waals surface area contributed by atoms with E-state index in [1.54, 1.807) is 13.0 Å². The third-order valence-electron chi connectivity index (χ3n) is 5.41. The van der Waals surface area contributed by atoms with Gasteiger partial charge in [0.25, 0.3) is 0 Å². The summed E-state index contributed by atoms with van der Waals surface area (Å²) in [4.78, 5) is 6.37. The molecule has 3 rings (SSSR count). The maximum absolute atomic E-state index is 14.2. The molecule has 32 heavy (non-hydrogen) atoms. The van der Waals surface area contributed by atoms with E-state index in [0.29, 0.717) is 5.56 Å². The van der Waals surface area contributed by atoms with Crippen LogP contribution in [-0.2, 0) is 24.3 Å². The van der Waals surface area contributed by atoms with Gasteiger partial charge in [-0.25, -0.2) is 4.98 Å². The van der Waals surface area contributed by atoms with Gasteiger partial charge in [-0.1, -0.05) is 12.1 Å². The van der Waals surface area contributed by atoms with Crippen molar-refractivity contribution in [2.75, 3.05) is 6.54 Å². The van der Waals surface area contributed by atoms with Gasteiger partial charge in [-0.15, -0.1) is 0 Å². The Bertz CT molecular complexity index is 1020. The summed E-state index contributed by atoms with van der Waals surface area (Å²) in [6.07, 6.45) is -16.9. The van der Waals surface area contributed by atoms with Crippen molar-refractivity contribution in [2.45, 2.75) is 43.8 Å². The summed E-state index contributed by atoms with van der Waals surface area (Å²) in [5, 5.41) is 0. The van der Waals surface area contributed by atoms with Crippen LogP contribution in [0.15, 0.2) is 35.3 Å². The zero-order valence-electron chi connectivity index (χ0n) is 16.4. The number of nitrogens with two attached hydrogens (primary N) is 1. The molecule has 2 aromatic rings. The van der Waals surface area contributed by atoms with Gasteiger partial charge in [0.15, 0.2) is 0 Å². The fraction of sp³-hybridized carbons (Fsp3) is 0.400. The summed E-state index contributed by atoms with van der Waals surface area (Å²) in [6, 6.07) is 4.61. The molecule has 1 aliphatic rings. The van der Waals surface area contributed by atoms with E-state index in [-0.39, 0.29) is 30.0 Å². The Morgan fingerprint density at radius 3 is 1.91 bits per heavy atom. The molecule has 3 nitrogen and oxygen atoms in total. The molecule has 0 bridgehead atoms. The topological polar surface area (TPSA) is 51.3 Å². The summed E-state index contributed by atoms with van der Waals surface area (Å²) in [5.41, 5.74) is -1.19. The molecule has 1 aromatic carbocycles. The summed E-state index contributed by atoms with van der Waals surface area (Å²) in [7, 11) is 0. The highest BCUT2D eigenvalue weighted by Gasteiger charge is 2.59. The lowest BCUT2D eigenvalue weighted by atomic mass is 9.76. The number of aliphatic imine (C=N–C) groups is 1. The second-order valence-electron chi connectivity index (χ2n) is 7.49. The van der Waals surface area contributed by atoms with Crippen molar-refractivity contribution < 1.29 is 39.5 Å². The molecule has 1 aromatic heterocycles. The van der Waals surface area contributed by atoms with Crippen LogP contribution >= 0.6 is 0 Å². The van der Waals surface area contributed by atoms with Crippen LogP contribution in [0, 0.1) is 6.92 Å². The maximum Gasteiger partial charge on any atom is 0.433 e. The Balaban J connectivity index is 2.14. The number of hydrogen-bond acceptors (Lipinski definition) is 3. The molecule has 0 radical (unpaired) electrons. The molecule has 2 heterocycles. The first-order valence-corrected chi connectivity index (χ1v) is 9.15. The van der Waals surface area contributed by atoms with Crippen LogP contribution in [0.1, 0.15) is 40.1 Å². The van der Waals surface area contributed by atoms with Gasteiger partial charge < -0.3 is 5.73 Å². The molecule has 0 amide bonds. The van der Waals surface area contributed by atoms with E-state index in [1.165, 1.54) is 12.1 Å². The van der Waals surface area contributed by atoms with E-state index < -0.39 is 53.9 Å². The largest absolute Gasteiger partial charge is 0.433 e. The van der Waals surface area contributed by atoms with Gasteiger partial charge in [-0.05, 0) is 47.4 Å². The van der Waals surface area contributed by atoms with Crippen molar-refractivity contribution in [3.8, 4) is 0 Å². The molecule has 1 aliphatic heterocycles. The lowest BCUT2D eigenvalue weighted by molar-refractivity contribution is -0.185. The summed E-state index contributed by atoms with van der Waals surface area (Å²) in [6.45, 7) is 0.803. The first kappa shape index (κ1) is 24.0. The van der Waals surface area contributed by atoms with Gasteiger partial charge in [-0.3, -0.25) is 4.99 Å². The summed E-state index contributed by atoms with van der Waals surface area (Å²) >= 11 is 0. The fourth-order valence-corrected chi connectivity index (χ4v) is 3.57. The van der Waals surface area contributed by atoms with E-state index in [2.05, 4.69) is 9.98 Å². The molecule has 0 saturated heterocycles. The van der Waals surface area contributed by atoms with Crippen LogP contribution < -0.4 is 5.73 Å². The molecule has 1 unspecified atom stereocenters. The minimum absolute atomic E-state index is 0.0178. The van der Waals surface area contributed by atoms with Crippen LogP contribution in [0.2, 0.25) is 0 Å². The minimum atomic E-state index is -5.37. The lowest BCUT2D eigenvalue weighted by Gasteiger charge is -2.32. The Hall–Kier alpha value is -2.63. The van der Waals surface area contributed by atoms with Gasteiger partial charge in [0.1, 0.15) is 16.8 Å². The minimum Gasteiger partial charge on any atom is -0.326 e. The van der Waals surface area contributed by atoms with Gasteiger partial charge in [-0.2, -0.15) is 39.5 Å². The predicted octanol–water partition coefficient (Wildman–Crippen LogP) is 5.58. The Labute approximate surface area is 176 Å². The number of aryl methyl sites for hydroxylation is 1. The normalized spacial score (nSPS) is 19.9. The van der Waals surface area contributed by atoms with Crippen molar-refractivity contribution in [3.05, 3.63) is 64.0 Å². The number of alkyl halides is 9. The fourth-order valence-electron chi connectivity index (χ4n) is 3.57. The number of rotatable bonds is 3. The standard InChI is InChI=1S/C20H16F9N3/c1-10-4-11(2-3-12(10)8-30)14-7-17(9-31-14,20(27,28)29)13-5-15(18(21,22)23)32-16(6-13)19(24,25)26/h2-6H,7-9,30H2,1H3. The number of benzene rings is 1. The Morgan fingerprint density at radius 2 is 1.47 bits per heavy atom. The lowest BCUT2D eigenvalue weighted by Crippen LogP contribution is -2.44. The molecular weight excluding hydrogens is 453 g/mol. The zero-order valence-corrected chi connectivity index (χ0v) is 16.4. The summed E-state index contributed by atoms with van der Waals surface area (Å²) < 4.78 is 121. The van der Waals surface area contributed by atoms with Crippen molar-refractivity contribution >= 4 is 5.71 Å². The SMILES string of the molecule is Cc1cc(C2=NCC(c3cc(C(F)(F)F)nc(C(F)(F)F)c3)(C(F)(F)F)C2)ccc1CN. The number of nitrogens with zero attached hydrogens (tertiary/aromatic N) is 2. The highest BCUT2D eigenvalue weighted by Crippen LogP contribution is 2.49. The first-order chi connectivity index (χ1) is 14.6. The maximum atomic E-state index is 14.2. The molecule has 12 heteroatoms. The van der Waals surface area contributed by atoms with E-state index in [1.807, 2.05) is 0 Å². The van der Waals surface area contributed by atoms with Crippen molar-refractivity contribution in [2.24, 2.45) is 10.7 Å². The van der Waals surface area contributed by atoms with Crippen LogP contribution in [0.5, 0.6) is 0 Å². The van der Waals surface area contributed by atoms with Crippen molar-refractivity contribution in [1.82, 2.24) is 4.98 Å². The second-order valence-corrected chi connectivity index (χ2v) is 7.49. The molecule has 0 fully saturated rings. The number of pyridine rings is 1. The van der Waals surface area contributed by atoms with Gasteiger partial charge in [0, 0.05) is 18.7 Å². The molecule has 2 N–H and O–H groups in total. The van der Waals surface area contributed by atoms with E-state index in [0.717, 1.165) is 5.56 Å². The quantitative estimate of drug-likeness (QED) is 0.597. The van der Waals surface area contributed by atoms with Crippen LogP contribution in [-0.4, -0.2) is 23.4 Å².